The lowest BCUT2D eigenvalue weighted by Gasteiger charge is -2.29. The molecule has 0 bridgehead atoms. The maximum atomic E-state index is 13.1. The van der Waals surface area contributed by atoms with E-state index in [2.05, 4.69) is 5.32 Å². The second kappa shape index (κ2) is 7.28. The molecular formula is C21H14ClF3N2O3S. The number of hydrogen-bond donors (Lipinski definition) is 1. The fraction of sp³-hybridized carbons (Fsp3) is 0.0952. The molecule has 4 rings (SSSR count). The molecule has 1 amide bonds. The Balaban J connectivity index is 1.72. The van der Waals surface area contributed by atoms with Gasteiger partial charge in [-0.1, -0.05) is 29.8 Å². The molecule has 1 aliphatic rings. The van der Waals surface area contributed by atoms with E-state index in [0.29, 0.717) is 16.8 Å². The predicted octanol–water partition coefficient (Wildman–Crippen LogP) is 5.42. The van der Waals surface area contributed by atoms with Crippen molar-refractivity contribution in [3.05, 3.63) is 76.8 Å². The van der Waals surface area contributed by atoms with Crippen molar-refractivity contribution < 1.29 is 26.4 Å². The Morgan fingerprint density at radius 1 is 1.00 bits per heavy atom. The van der Waals surface area contributed by atoms with Crippen LogP contribution >= 0.6 is 11.6 Å². The van der Waals surface area contributed by atoms with Crippen molar-refractivity contribution in [3.8, 4) is 11.1 Å². The summed E-state index contributed by atoms with van der Waals surface area (Å²) in [5, 5.41) is 1.95. The van der Waals surface area contributed by atoms with Crippen LogP contribution in [0.4, 0.5) is 24.5 Å². The number of sulfonamides is 1. The second-order valence-corrected chi connectivity index (χ2v) is 9.19. The number of alkyl halides is 3. The molecule has 0 unspecified atom stereocenters. The van der Waals surface area contributed by atoms with Crippen LogP contribution in [0, 0.1) is 0 Å². The Kier molecular flexibility index (Phi) is 4.98. The molecule has 10 heteroatoms. The van der Waals surface area contributed by atoms with Crippen molar-refractivity contribution in [2.75, 3.05) is 16.7 Å². The van der Waals surface area contributed by atoms with Crippen molar-refractivity contribution in [2.45, 2.75) is 11.1 Å². The van der Waals surface area contributed by atoms with Gasteiger partial charge in [0.2, 0.25) is 0 Å². The lowest BCUT2D eigenvalue weighted by molar-refractivity contribution is -0.137. The molecule has 160 valence electrons. The van der Waals surface area contributed by atoms with Crippen LogP contribution in [0.1, 0.15) is 15.9 Å². The maximum absolute atomic E-state index is 13.1. The number of carbonyl (C=O) groups is 1. The summed E-state index contributed by atoms with van der Waals surface area (Å²) in [4.78, 5) is 12.8. The third kappa shape index (κ3) is 3.64. The van der Waals surface area contributed by atoms with Crippen molar-refractivity contribution in [2.24, 2.45) is 0 Å². The van der Waals surface area contributed by atoms with E-state index >= 15 is 0 Å². The minimum absolute atomic E-state index is 0.0699. The second-order valence-electron chi connectivity index (χ2n) is 6.85. The van der Waals surface area contributed by atoms with Gasteiger partial charge in [-0.3, -0.25) is 9.10 Å². The van der Waals surface area contributed by atoms with E-state index < -0.39 is 32.7 Å². The first-order chi connectivity index (χ1) is 14.5. The molecule has 0 spiro atoms. The van der Waals surface area contributed by atoms with Gasteiger partial charge >= 0.3 is 6.18 Å². The van der Waals surface area contributed by atoms with Gasteiger partial charge in [-0.05, 0) is 42.5 Å². The van der Waals surface area contributed by atoms with Crippen molar-refractivity contribution in [3.63, 3.8) is 0 Å². The van der Waals surface area contributed by atoms with Crippen LogP contribution in [0.5, 0.6) is 0 Å². The Labute approximate surface area is 181 Å². The van der Waals surface area contributed by atoms with E-state index in [-0.39, 0.29) is 16.1 Å². The molecule has 0 fully saturated rings. The molecular weight excluding hydrogens is 453 g/mol. The highest BCUT2D eigenvalue weighted by molar-refractivity contribution is 7.93. The van der Waals surface area contributed by atoms with Crippen LogP contribution in [-0.2, 0) is 16.2 Å². The lowest BCUT2D eigenvalue weighted by Crippen LogP contribution is -2.30. The van der Waals surface area contributed by atoms with Crippen LogP contribution in [0.2, 0.25) is 5.02 Å². The molecule has 3 aromatic carbocycles. The van der Waals surface area contributed by atoms with Gasteiger partial charge in [-0.2, -0.15) is 13.2 Å². The Morgan fingerprint density at radius 3 is 2.42 bits per heavy atom. The minimum atomic E-state index is -4.66. The van der Waals surface area contributed by atoms with Crippen LogP contribution in [-0.4, -0.2) is 21.4 Å². The first-order valence-corrected chi connectivity index (χ1v) is 10.7. The molecule has 3 aromatic rings. The summed E-state index contributed by atoms with van der Waals surface area (Å²) in [7, 11) is -2.31. The fourth-order valence-corrected chi connectivity index (χ4v) is 5.03. The Bertz CT molecular complexity index is 1320. The van der Waals surface area contributed by atoms with Gasteiger partial charge in [-0.15, -0.1) is 0 Å². The van der Waals surface area contributed by atoms with Gasteiger partial charge in [-0.25, -0.2) is 8.42 Å². The third-order valence-corrected chi connectivity index (χ3v) is 7.10. The number of fused-ring (bicyclic) bond motifs is 3. The van der Waals surface area contributed by atoms with Crippen LogP contribution in [0.25, 0.3) is 11.1 Å². The molecule has 0 saturated heterocycles. The van der Waals surface area contributed by atoms with Gasteiger partial charge in [0, 0.05) is 29.4 Å². The Hall–Kier alpha value is -3.04. The fourth-order valence-electron chi connectivity index (χ4n) is 3.38. The number of nitrogens with one attached hydrogen (secondary N) is 1. The molecule has 0 radical (unpaired) electrons. The lowest BCUT2D eigenvalue weighted by atomic mass is 10.00. The SMILES string of the molecule is CN1c2ccc(C(=O)Nc3ccc(Cl)c(C(F)(F)F)c3)cc2-c2ccccc2S1(=O)=O. The molecule has 0 saturated carbocycles. The third-order valence-electron chi connectivity index (χ3n) is 4.94. The predicted molar refractivity (Wildman–Crippen MR) is 112 cm³/mol. The van der Waals surface area contributed by atoms with Crippen LogP contribution in [0.3, 0.4) is 0 Å². The first kappa shape index (κ1) is 21.2. The van der Waals surface area contributed by atoms with Crippen molar-refractivity contribution >= 4 is 38.9 Å². The number of anilines is 2. The Morgan fingerprint density at radius 2 is 1.71 bits per heavy atom. The standard InChI is InChI=1S/C21H14ClF3N2O3S/c1-27-18-9-6-12(10-15(18)14-4-2-3-5-19(14)31(27,29)30)20(28)26-13-7-8-17(22)16(11-13)21(23,24)25/h2-11H,1H3,(H,26,28). The van der Waals surface area contributed by atoms with Crippen molar-refractivity contribution in [1.82, 2.24) is 0 Å². The number of rotatable bonds is 2. The van der Waals surface area contributed by atoms with E-state index in [1.807, 2.05) is 0 Å². The quantitative estimate of drug-likeness (QED) is 0.548. The highest BCUT2D eigenvalue weighted by atomic mass is 35.5. The summed E-state index contributed by atoms with van der Waals surface area (Å²) in [6.07, 6.45) is -4.66. The van der Waals surface area contributed by atoms with Crippen LogP contribution in [0.15, 0.2) is 65.6 Å². The van der Waals surface area contributed by atoms with E-state index in [1.165, 1.54) is 37.4 Å². The highest BCUT2D eigenvalue weighted by Crippen LogP contribution is 2.42. The van der Waals surface area contributed by atoms with Gasteiger partial charge in [0.15, 0.2) is 0 Å². The van der Waals surface area contributed by atoms with Crippen molar-refractivity contribution in [1.29, 1.82) is 0 Å². The molecule has 0 atom stereocenters. The molecule has 1 N–H and O–H groups in total. The first-order valence-electron chi connectivity index (χ1n) is 8.90. The average Bonchev–Trinajstić information content (AvgIpc) is 2.72. The van der Waals surface area contributed by atoms with Gasteiger partial charge in [0.05, 0.1) is 21.2 Å². The average molecular weight is 467 g/mol. The van der Waals surface area contributed by atoms with Crippen LogP contribution < -0.4 is 9.62 Å². The maximum Gasteiger partial charge on any atom is 0.417 e. The topological polar surface area (TPSA) is 66.5 Å². The van der Waals surface area contributed by atoms with Gasteiger partial charge in [0.1, 0.15) is 0 Å². The van der Waals surface area contributed by atoms with Gasteiger partial charge in [0.25, 0.3) is 15.9 Å². The monoisotopic (exact) mass is 466 g/mol. The van der Waals surface area contributed by atoms with E-state index in [1.54, 1.807) is 18.2 Å². The zero-order valence-electron chi connectivity index (χ0n) is 15.9. The summed E-state index contributed by atoms with van der Waals surface area (Å²) in [5.41, 5.74) is 0.382. The number of benzene rings is 3. The summed E-state index contributed by atoms with van der Waals surface area (Å²) in [6, 6.07) is 13.9. The zero-order valence-corrected chi connectivity index (χ0v) is 17.4. The smallest absolute Gasteiger partial charge is 0.322 e. The summed E-state index contributed by atoms with van der Waals surface area (Å²) < 4.78 is 65.7. The van der Waals surface area contributed by atoms with Gasteiger partial charge < -0.3 is 5.32 Å². The normalized spacial score (nSPS) is 14.5. The number of amides is 1. The molecule has 0 aromatic heterocycles. The highest BCUT2D eigenvalue weighted by Gasteiger charge is 2.34. The summed E-state index contributed by atoms with van der Waals surface area (Å²) in [5.74, 6) is -0.646. The number of hydrogen-bond acceptors (Lipinski definition) is 3. The number of halogens is 4. The van der Waals surface area contributed by atoms with E-state index in [9.17, 15) is 26.4 Å². The van der Waals surface area contributed by atoms with E-state index in [0.717, 1.165) is 16.4 Å². The minimum Gasteiger partial charge on any atom is -0.322 e. The molecule has 5 nitrogen and oxygen atoms in total. The zero-order chi connectivity index (χ0) is 22.6. The summed E-state index contributed by atoms with van der Waals surface area (Å²) >= 11 is 5.61. The summed E-state index contributed by atoms with van der Waals surface area (Å²) in [6.45, 7) is 0. The molecule has 1 heterocycles. The molecule has 0 aliphatic carbocycles. The number of nitrogens with zero attached hydrogens (tertiary/aromatic N) is 1. The molecule has 1 aliphatic heterocycles. The largest absolute Gasteiger partial charge is 0.417 e. The number of carbonyl (C=O) groups excluding carboxylic acids is 1. The molecule has 31 heavy (non-hydrogen) atoms. The van der Waals surface area contributed by atoms with E-state index in [4.69, 9.17) is 11.6 Å².